The predicted molar refractivity (Wildman–Crippen MR) is 137 cm³/mol. The highest BCUT2D eigenvalue weighted by Gasteiger charge is 2.47. The van der Waals surface area contributed by atoms with Crippen molar-refractivity contribution in [3.05, 3.63) is 106 Å². The number of aliphatic hydroxyl groups excluding tert-OH is 1. The Morgan fingerprint density at radius 3 is 2.39 bits per heavy atom. The lowest BCUT2D eigenvalue weighted by atomic mass is 9.95. The van der Waals surface area contributed by atoms with Crippen LogP contribution in [0, 0.1) is 0 Å². The van der Waals surface area contributed by atoms with Gasteiger partial charge in [0.15, 0.2) is 0 Å². The second-order valence-electron chi connectivity index (χ2n) is 8.94. The molecule has 0 unspecified atom stereocenters. The zero-order chi connectivity index (χ0) is 25.1. The number of Topliss-reactive ketones (excluding diaryl/α,β-unsaturated/α-hetero) is 1. The summed E-state index contributed by atoms with van der Waals surface area (Å²) in [6, 6.07) is 22.9. The normalized spacial score (nSPS) is 21.2. The Balaban J connectivity index is 1.48. The summed E-state index contributed by atoms with van der Waals surface area (Å²) in [6.07, 6.45) is 1.59. The number of ketones is 1. The van der Waals surface area contributed by atoms with Crippen LogP contribution >= 0.6 is 11.6 Å². The molecule has 6 nitrogen and oxygen atoms in total. The summed E-state index contributed by atoms with van der Waals surface area (Å²) in [6.45, 7) is 1.34. The van der Waals surface area contributed by atoms with Crippen molar-refractivity contribution in [2.24, 2.45) is 0 Å². The SMILES string of the molecule is O=C1C(=O)N(C[C@@H]2CCCO2)[C@@H](c2ccc(OCc3ccccc3)cc2)C1=C(O)c1ccc(Cl)cc1. The minimum atomic E-state index is -0.743. The maximum Gasteiger partial charge on any atom is 0.295 e. The Labute approximate surface area is 214 Å². The number of hydrogen-bond donors (Lipinski definition) is 1. The first kappa shape index (κ1) is 24.1. The molecule has 2 fully saturated rings. The van der Waals surface area contributed by atoms with E-state index in [1.54, 1.807) is 24.3 Å². The molecular weight excluding hydrogens is 478 g/mol. The van der Waals surface area contributed by atoms with Gasteiger partial charge in [-0.15, -0.1) is 0 Å². The molecule has 3 aromatic rings. The monoisotopic (exact) mass is 503 g/mol. The highest BCUT2D eigenvalue weighted by molar-refractivity contribution is 6.46. The van der Waals surface area contributed by atoms with Gasteiger partial charge >= 0.3 is 0 Å². The number of amides is 1. The number of halogens is 1. The maximum atomic E-state index is 13.2. The van der Waals surface area contributed by atoms with Crippen molar-refractivity contribution in [3.8, 4) is 5.75 Å². The maximum absolute atomic E-state index is 13.2. The largest absolute Gasteiger partial charge is 0.507 e. The molecule has 0 aromatic heterocycles. The molecular formula is C29H26ClNO5. The van der Waals surface area contributed by atoms with Crippen molar-refractivity contribution in [1.82, 2.24) is 4.90 Å². The third-order valence-corrected chi connectivity index (χ3v) is 6.78. The van der Waals surface area contributed by atoms with E-state index in [1.165, 1.54) is 4.90 Å². The molecule has 3 aromatic carbocycles. The number of benzene rings is 3. The minimum absolute atomic E-state index is 0.0540. The Hall–Kier alpha value is -3.61. The lowest BCUT2D eigenvalue weighted by Gasteiger charge is -2.27. The van der Waals surface area contributed by atoms with Gasteiger partial charge in [-0.1, -0.05) is 54.1 Å². The van der Waals surface area contributed by atoms with Crippen LogP contribution < -0.4 is 4.74 Å². The van der Waals surface area contributed by atoms with Crippen molar-refractivity contribution in [2.45, 2.75) is 31.6 Å². The summed E-state index contributed by atoms with van der Waals surface area (Å²) in [5, 5.41) is 11.7. The number of hydrogen-bond acceptors (Lipinski definition) is 5. The Morgan fingerprint density at radius 1 is 1.00 bits per heavy atom. The second kappa shape index (κ2) is 10.6. The number of aliphatic hydroxyl groups is 1. The highest BCUT2D eigenvalue weighted by atomic mass is 35.5. The molecule has 2 atom stereocenters. The Bertz CT molecular complexity index is 1270. The van der Waals surface area contributed by atoms with Gasteiger partial charge in [0.25, 0.3) is 11.7 Å². The first-order valence-corrected chi connectivity index (χ1v) is 12.3. The van der Waals surface area contributed by atoms with E-state index >= 15 is 0 Å². The van der Waals surface area contributed by atoms with Gasteiger partial charge in [0, 0.05) is 23.7 Å². The fraction of sp³-hybridized carbons (Fsp3) is 0.241. The molecule has 5 rings (SSSR count). The van der Waals surface area contributed by atoms with E-state index in [1.807, 2.05) is 54.6 Å². The number of carbonyl (C=O) groups is 2. The van der Waals surface area contributed by atoms with Crippen molar-refractivity contribution < 1.29 is 24.2 Å². The van der Waals surface area contributed by atoms with Crippen LogP contribution in [0.15, 0.2) is 84.4 Å². The third-order valence-electron chi connectivity index (χ3n) is 6.53. The van der Waals surface area contributed by atoms with Gasteiger partial charge < -0.3 is 19.5 Å². The van der Waals surface area contributed by atoms with Gasteiger partial charge in [0.05, 0.1) is 17.7 Å². The van der Waals surface area contributed by atoms with E-state index in [-0.39, 0.29) is 24.0 Å². The summed E-state index contributed by atoms with van der Waals surface area (Å²) < 4.78 is 11.7. The van der Waals surface area contributed by atoms with E-state index in [0.717, 1.165) is 18.4 Å². The van der Waals surface area contributed by atoms with E-state index in [9.17, 15) is 14.7 Å². The van der Waals surface area contributed by atoms with Gasteiger partial charge in [0.2, 0.25) is 0 Å². The predicted octanol–water partition coefficient (Wildman–Crippen LogP) is 5.52. The molecule has 0 aliphatic carbocycles. The lowest BCUT2D eigenvalue weighted by molar-refractivity contribution is -0.140. The van der Waals surface area contributed by atoms with Gasteiger partial charge in [-0.25, -0.2) is 0 Å². The zero-order valence-corrected chi connectivity index (χ0v) is 20.4. The first-order valence-electron chi connectivity index (χ1n) is 11.9. The fourth-order valence-electron chi connectivity index (χ4n) is 4.67. The average Bonchev–Trinajstić information content (AvgIpc) is 3.51. The van der Waals surface area contributed by atoms with Crippen LogP contribution in [-0.2, 0) is 20.9 Å². The van der Waals surface area contributed by atoms with Gasteiger partial charge in [-0.3, -0.25) is 9.59 Å². The molecule has 36 heavy (non-hydrogen) atoms. The van der Waals surface area contributed by atoms with Gasteiger partial charge in [0.1, 0.15) is 18.1 Å². The molecule has 0 spiro atoms. The molecule has 2 saturated heterocycles. The van der Waals surface area contributed by atoms with Gasteiger partial charge in [-0.05, 0) is 60.4 Å². The standard InChI is InChI=1S/C29H26ClNO5/c30-22-12-8-21(9-13-22)27(32)25-26(31(29(34)28(25)33)17-24-7-4-16-35-24)20-10-14-23(15-11-20)36-18-19-5-2-1-3-6-19/h1-3,5-6,8-15,24,26,32H,4,7,16-18H2/t24-,26-/m0/s1. The molecule has 0 radical (unpaired) electrons. The third kappa shape index (κ3) is 5.01. The number of ether oxygens (including phenoxy) is 2. The number of nitrogens with zero attached hydrogens (tertiary/aromatic N) is 1. The highest BCUT2D eigenvalue weighted by Crippen LogP contribution is 2.40. The van der Waals surface area contributed by atoms with E-state index in [0.29, 0.717) is 35.1 Å². The summed E-state index contributed by atoms with van der Waals surface area (Å²) in [5.74, 6) is -0.920. The first-order chi connectivity index (χ1) is 17.5. The minimum Gasteiger partial charge on any atom is -0.507 e. The average molecular weight is 504 g/mol. The number of likely N-dealkylation sites (tertiary alicyclic amines) is 1. The van der Waals surface area contributed by atoms with E-state index in [2.05, 4.69) is 0 Å². The smallest absolute Gasteiger partial charge is 0.295 e. The van der Waals surface area contributed by atoms with Crippen molar-refractivity contribution in [3.63, 3.8) is 0 Å². The van der Waals surface area contributed by atoms with Crippen LogP contribution in [0.1, 0.15) is 35.6 Å². The van der Waals surface area contributed by atoms with Crippen molar-refractivity contribution in [2.75, 3.05) is 13.2 Å². The molecule has 184 valence electrons. The lowest BCUT2D eigenvalue weighted by Crippen LogP contribution is -2.36. The summed E-state index contributed by atoms with van der Waals surface area (Å²) in [7, 11) is 0. The van der Waals surface area contributed by atoms with Crippen LogP contribution in [0.5, 0.6) is 5.75 Å². The van der Waals surface area contributed by atoms with Crippen LogP contribution in [0.25, 0.3) is 5.76 Å². The van der Waals surface area contributed by atoms with Crippen LogP contribution in [0.3, 0.4) is 0 Å². The van der Waals surface area contributed by atoms with Crippen LogP contribution in [-0.4, -0.2) is 41.0 Å². The molecule has 2 aliphatic heterocycles. The van der Waals surface area contributed by atoms with Gasteiger partial charge in [-0.2, -0.15) is 0 Å². The number of rotatable bonds is 7. The molecule has 7 heteroatoms. The van der Waals surface area contributed by atoms with Crippen molar-refractivity contribution >= 4 is 29.1 Å². The zero-order valence-electron chi connectivity index (χ0n) is 19.6. The molecule has 0 saturated carbocycles. The topological polar surface area (TPSA) is 76.1 Å². The summed E-state index contributed by atoms with van der Waals surface area (Å²) >= 11 is 6.00. The summed E-state index contributed by atoms with van der Waals surface area (Å²) in [5.41, 5.74) is 2.23. The number of carbonyl (C=O) groups excluding carboxylic acids is 2. The summed E-state index contributed by atoms with van der Waals surface area (Å²) in [4.78, 5) is 27.8. The molecule has 1 N–H and O–H groups in total. The fourth-order valence-corrected chi connectivity index (χ4v) is 4.80. The Morgan fingerprint density at radius 2 is 1.72 bits per heavy atom. The van der Waals surface area contributed by atoms with Crippen molar-refractivity contribution in [1.29, 1.82) is 0 Å². The quantitative estimate of drug-likeness (QED) is 0.261. The van der Waals surface area contributed by atoms with Crippen LogP contribution in [0.2, 0.25) is 5.02 Å². The molecule has 2 heterocycles. The van der Waals surface area contributed by atoms with Crippen LogP contribution in [0.4, 0.5) is 0 Å². The second-order valence-corrected chi connectivity index (χ2v) is 9.37. The molecule has 1 amide bonds. The van der Waals surface area contributed by atoms with E-state index < -0.39 is 17.7 Å². The Kier molecular flexibility index (Phi) is 7.07. The molecule has 2 aliphatic rings. The molecule has 0 bridgehead atoms. The van der Waals surface area contributed by atoms with E-state index in [4.69, 9.17) is 21.1 Å².